The van der Waals surface area contributed by atoms with Crippen molar-refractivity contribution in [2.24, 2.45) is 5.92 Å². The number of hydrogen-bond acceptors (Lipinski definition) is 3. The number of hydrogen-bond donors (Lipinski definition) is 1. The lowest BCUT2D eigenvalue weighted by molar-refractivity contribution is 0.0995. The van der Waals surface area contributed by atoms with Gasteiger partial charge in [0, 0.05) is 0 Å². The highest BCUT2D eigenvalue weighted by atomic mass is 32.1. The van der Waals surface area contributed by atoms with E-state index in [1.165, 1.54) is 24.2 Å². The maximum absolute atomic E-state index is 11.5. The fourth-order valence-corrected chi connectivity index (χ4v) is 1.90. The number of rotatable bonds is 5. The van der Waals surface area contributed by atoms with Gasteiger partial charge < -0.3 is 5.32 Å². The van der Waals surface area contributed by atoms with Gasteiger partial charge in [0.15, 0.2) is 5.78 Å². The van der Waals surface area contributed by atoms with Crippen LogP contribution in [0.2, 0.25) is 0 Å². The monoisotopic (exact) mass is 195 g/mol. The number of carbonyl (C=O) groups is 1. The molecule has 0 radical (unpaired) electrons. The van der Waals surface area contributed by atoms with Gasteiger partial charge in [-0.25, -0.2) is 0 Å². The van der Waals surface area contributed by atoms with Gasteiger partial charge >= 0.3 is 0 Å². The zero-order valence-electron chi connectivity index (χ0n) is 7.45. The zero-order chi connectivity index (χ0) is 9.10. The highest BCUT2D eigenvalue weighted by molar-refractivity contribution is 7.12. The van der Waals surface area contributed by atoms with Gasteiger partial charge in [-0.2, -0.15) is 0 Å². The van der Waals surface area contributed by atoms with Crippen LogP contribution in [0, 0.1) is 5.92 Å². The minimum Gasteiger partial charge on any atom is -0.309 e. The Morgan fingerprint density at radius 1 is 1.62 bits per heavy atom. The molecule has 1 aliphatic carbocycles. The Labute approximate surface area is 82.0 Å². The molecule has 1 fully saturated rings. The number of thiophene rings is 1. The predicted octanol–water partition coefficient (Wildman–Crippen LogP) is 1.93. The number of carbonyl (C=O) groups excluding carboxylic acids is 1. The van der Waals surface area contributed by atoms with E-state index in [4.69, 9.17) is 0 Å². The summed E-state index contributed by atoms with van der Waals surface area (Å²) in [6, 6.07) is 3.80. The summed E-state index contributed by atoms with van der Waals surface area (Å²) in [5, 5.41) is 5.13. The van der Waals surface area contributed by atoms with Crippen LogP contribution in [0.4, 0.5) is 0 Å². The molecule has 1 aromatic heterocycles. The van der Waals surface area contributed by atoms with Crippen LogP contribution in [-0.4, -0.2) is 18.9 Å². The highest BCUT2D eigenvalue weighted by Gasteiger charge is 2.20. The Balaban J connectivity index is 1.71. The molecule has 2 rings (SSSR count). The Morgan fingerprint density at radius 3 is 3.08 bits per heavy atom. The molecule has 0 atom stereocenters. The van der Waals surface area contributed by atoms with Crippen LogP contribution in [0.25, 0.3) is 0 Å². The molecule has 1 aromatic rings. The zero-order valence-corrected chi connectivity index (χ0v) is 8.27. The van der Waals surface area contributed by atoms with E-state index >= 15 is 0 Å². The summed E-state index contributed by atoms with van der Waals surface area (Å²) >= 11 is 1.52. The molecule has 70 valence electrons. The molecule has 1 heterocycles. The molecule has 0 saturated heterocycles. The van der Waals surface area contributed by atoms with Crippen LogP contribution in [0.1, 0.15) is 22.5 Å². The van der Waals surface area contributed by atoms with Gasteiger partial charge in [0.25, 0.3) is 0 Å². The van der Waals surface area contributed by atoms with Crippen molar-refractivity contribution in [2.45, 2.75) is 12.8 Å². The van der Waals surface area contributed by atoms with Gasteiger partial charge in [-0.3, -0.25) is 4.79 Å². The first-order valence-corrected chi connectivity index (χ1v) is 5.51. The van der Waals surface area contributed by atoms with Crippen LogP contribution in [0.3, 0.4) is 0 Å². The van der Waals surface area contributed by atoms with Crippen LogP contribution in [0.15, 0.2) is 17.5 Å². The number of nitrogens with one attached hydrogen (secondary N) is 1. The summed E-state index contributed by atoms with van der Waals surface area (Å²) in [4.78, 5) is 12.3. The van der Waals surface area contributed by atoms with Crippen molar-refractivity contribution in [1.29, 1.82) is 0 Å². The third-order valence-electron chi connectivity index (χ3n) is 2.21. The number of Topliss-reactive ketones (excluding diaryl/α,β-unsaturated/α-hetero) is 1. The molecule has 1 N–H and O–H groups in total. The quantitative estimate of drug-likeness (QED) is 0.727. The van der Waals surface area contributed by atoms with E-state index in [2.05, 4.69) is 5.32 Å². The molecule has 2 nitrogen and oxygen atoms in total. The smallest absolute Gasteiger partial charge is 0.186 e. The fraction of sp³-hybridized carbons (Fsp3) is 0.500. The first kappa shape index (κ1) is 8.91. The van der Waals surface area contributed by atoms with Gasteiger partial charge in [-0.1, -0.05) is 6.07 Å². The van der Waals surface area contributed by atoms with Gasteiger partial charge in [-0.15, -0.1) is 11.3 Å². The van der Waals surface area contributed by atoms with Crippen LogP contribution in [-0.2, 0) is 0 Å². The standard InChI is InChI=1S/C10H13NOS/c12-9(10-2-1-5-13-10)7-11-6-8-3-4-8/h1-2,5,8,11H,3-4,6-7H2. The van der Waals surface area contributed by atoms with E-state index in [0.29, 0.717) is 6.54 Å². The van der Waals surface area contributed by atoms with Crippen LogP contribution >= 0.6 is 11.3 Å². The van der Waals surface area contributed by atoms with Gasteiger partial charge in [0.2, 0.25) is 0 Å². The average Bonchev–Trinajstić information content (AvgIpc) is 2.80. The molecule has 1 aliphatic rings. The molecule has 0 unspecified atom stereocenters. The minimum atomic E-state index is 0.218. The highest BCUT2D eigenvalue weighted by Crippen LogP contribution is 2.27. The van der Waals surface area contributed by atoms with E-state index in [1.807, 2.05) is 17.5 Å². The summed E-state index contributed by atoms with van der Waals surface area (Å²) in [5.74, 6) is 1.06. The summed E-state index contributed by atoms with van der Waals surface area (Å²) in [6.45, 7) is 1.51. The van der Waals surface area contributed by atoms with Gasteiger partial charge in [0.05, 0.1) is 11.4 Å². The fourth-order valence-electron chi connectivity index (χ4n) is 1.24. The Morgan fingerprint density at radius 2 is 2.46 bits per heavy atom. The molecule has 13 heavy (non-hydrogen) atoms. The Hall–Kier alpha value is -0.670. The van der Waals surface area contributed by atoms with Crippen molar-refractivity contribution in [3.05, 3.63) is 22.4 Å². The van der Waals surface area contributed by atoms with Gasteiger partial charge in [0.1, 0.15) is 0 Å². The molecule has 0 amide bonds. The molecule has 0 spiro atoms. The van der Waals surface area contributed by atoms with Crippen LogP contribution in [0.5, 0.6) is 0 Å². The Bertz CT molecular complexity index is 277. The van der Waals surface area contributed by atoms with Crippen molar-refractivity contribution >= 4 is 17.1 Å². The first-order valence-electron chi connectivity index (χ1n) is 4.63. The van der Waals surface area contributed by atoms with Crippen molar-refractivity contribution in [2.75, 3.05) is 13.1 Å². The third kappa shape index (κ3) is 2.64. The molecule has 1 saturated carbocycles. The SMILES string of the molecule is O=C(CNCC1CC1)c1cccs1. The summed E-state index contributed by atoms with van der Waals surface area (Å²) in [6.07, 6.45) is 2.67. The largest absolute Gasteiger partial charge is 0.309 e. The van der Waals surface area contributed by atoms with E-state index in [0.717, 1.165) is 17.3 Å². The normalized spacial score (nSPS) is 16.0. The molecular weight excluding hydrogens is 182 g/mol. The number of ketones is 1. The second-order valence-electron chi connectivity index (χ2n) is 3.47. The molecule has 0 bridgehead atoms. The second-order valence-corrected chi connectivity index (χ2v) is 4.42. The molecule has 0 aromatic carbocycles. The average molecular weight is 195 g/mol. The van der Waals surface area contributed by atoms with Crippen molar-refractivity contribution in [3.8, 4) is 0 Å². The molecule has 0 aliphatic heterocycles. The summed E-state index contributed by atoms with van der Waals surface area (Å²) in [7, 11) is 0. The lowest BCUT2D eigenvalue weighted by atomic mass is 10.3. The van der Waals surface area contributed by atoms with E-state index in [1.54, 1.807) is 0 Å². The second kappa shape index (κ2) is 4.03. The third-order valence-corrected chi connectivity index (χ3v) is 3.12. The van der Waals surface area contributed by atoms with Crippen molar-refractivity contribution < 1.29 is 4.79 Å². The van der Waals surface area contributed by atoms with Crippen molar-refractivity contribution in [1.82, 2.24) is 5.32 Å². The predicted molar refractivity (Wildman–Crippen MR) is 54.2 cm³/mol. The molecular formula is C10H13NOS. The van der Waals surface area contributed by atoms with E-state index in [9.17, 15) is 4.79 Å². The Kier molecular flexibility index (Phi) is 2.76. The van der Waals surface area contributed by atoms with E-state index < -0.39 is 0 Å². The van der Waals surface area contributed by atoms with Gasteiger partial charge in [-0.05, 0) is 36.8 Å². The summed E-state index contributed by atoms with van der Waals surface area (Å²) in [5.41, 5.74) is 0. The topological polar surface area (TPSA) is 29.1 Å². The lowest BCUT2D eigenvalue weighted by Gasteiger charge is -2.00. The van der Waals surface area contributed by atoms with Crippen molar-refractivity contribution in [3.63, 3.8) is 0 Å². The minimum absolute atomic E-state index is 0.218. The summed E-state index contributed by atoms with van der Waals surface area (Å²) < 4.78 is 0. The maximum atomic E-state index is 11.5. The molecule has 3 heteroatoms. The van der Waals surface area contributed by atoms with E-state index in [-0.39, 0.29) is 5.78 Å². The maximum Gasteiger partial charge on any atom is 0.186 e. The van der Waals surface area contributed by atoms with Crippen LogP contribution < -0.4 is 5.32 Å². The first-order chi connectivity index (χ1) is 6.36. The lowest BCUT2D eigenvalue weighted by Crippen LogP contribution is -2.24.